The summed E-state index contributed by atoms with van der Waals surface area (Å²) in [5.41, 5.74) is 4.05. The molecule has 0 aliphatic carbocycles. The predicted octanol–water partition coefficient (Wildman–Crippen LogP) is 6.10. The van der Waals surface area contributed by atoms with Crippen LogP contribution in [-0.4, -0.2) is 28.8 Å². The fraction of sp³-hybridized carbons (Fsp3) is 0.167. The SMILES string of the molecule is C[C@H](Cc1ccc(-c2ccc(C(=O)O)c(Oc3ccccc3)c2)cc1)NC[C@H](O)c1ccccc1. The highest BCUT2D eigenvalue weighted by Gasteiger charge is 2.14. The van der Waals surface area contributed by atoms with Gasteiger partial charge in [0.25, 0.3) is 0 Å². The molecule has 0 heterocycles. The number of hydrogen-bond donors (Lipinski definition) is 3. The second-order valence-electron chi connectivity index (χ2n) is 8.57. The molecule has 0 bridgehead atoms. The fourth-order valence-electron chi connectivity index (χ4n) is 3.94. The number of carboxylic acids is 1. The van der Waals surface area contributed by atoms with Crippen LogP contribution in [0.3, 0.4) is 0 Å². The molecule has 0 fully saturated rings. The Labute approximate surface area is 205 Å². The van der Waals surface area contributed by atoms with Crippen LogP contribution in [-0.2, 0) is 6.42 Å². The molecule has 0 saturated carbocycles. The first kappa shape index (κ1) is 24.2. The van der Waals surface area contributed by atoms with Gasteiger partial charge in [-0.15, -0.1) is 0 Å². The number of para-hydroxylation sites is 1. The molecule has 2 atom stereocenters. The smallest absolute Gasteiger partial charge is 0.339 e. The molecule has 178 valence electrons. The zero-order valence-corrected chi connectivity index (χ0v) is 19.6. The Balaban J connectivity index is 1.41. The van der Waals surface area contributed by atoms with Gasteiger partial charge in [0.2, 0.25) is 0 Å². The Morgan fingerprint density at radius 3 is 2.14 bits per heavy atom. The molecule has 5 nitrogen and oxygen atoms in total. The second-order valence-corrected chi connectivity index (χ2v) is 8.57. The summed E-state index contributed by atoms with van der Waals surface area (Å²) >= 11 is 0. The Kier molecular flexibility index (Phi) is 7.93. The molecule has 0 aliphatic rings. The summed E-state index contributed by atoms with van der Waals surface area (Å²) in [5, 5.41) is 23.3. The Bertz CT molecular complexity index is 1240. The van der Waals surface area contributed by atoms with E-state index >= 15 is 0 Å². The maximum absolute atomic E-state index is 11.7. The van der Waals surface area contributed by atoms with Gasteiger partial charge in [-0.05, 0) is 59.9 Å². The lowest BCUT2D eigenvalue weighted by atomic mass is 9.99. The lowest BCUT2D eigenvalue weighted by Crippen LogP contribution is -2.32. The van der Waals surface area contributed by atoms with Crippen LogP contribution in [0.25, 0.3) is 11.1 Å². The van der Waals surface area contributed by atoms with Crippen molar-refractivity contribution < 1.29 is 19.7 Å². The highest BCUT2D eigenvalue weighted by molar-refractivity contribution is 5.92. The molecular formula is C30H29NO4. The number of carbonyl (C=O) groups is 1. The standard InChI is InChI=1S/C30H29NO4/c1-21(31-20-28(32)24-8-4-2-5-9-24)18-22-12-14-23(15-13-22)25-16-17-27(30(33)34)29(19-25)35-26-10-6-3-7-11-26/h2-17,19,21,28,31-32H,18,20H2,1H3,(H,33,34)/t21-,28+/m1/s1. The highest BCUT2D eigenvalue weighted by Crippen LogP contribution is 2.31. The summed E-state index contributed by atoms with van der Waals surface area (Å²) in [5.74, 6) is -0.141. The van der Waals surface area contributed by atoms with Crippen LogP contribution in [0.2, 0.25) is 0 Å². The van der Waals surface area contributed by atoms with Crippen molar-refractivity contribution in [3.05, 3.63) is 120 Å². The molecule has 0 amide bonds. The zero-order chi connectivity index (χ0) is 24.6. The minimum atomic E-state index is -1.03. The second kappa shape index (κ2) is 11.5. The Morgan fingerprint density at radius 1 is 0.857 bits per heavy atom. The normalized spacial score (nSPS) is 12.6. The number of aliphatic hydroxyl groups excluding tert-OH is 1. The third-order valence-electron chi connectivity index (χ3n) is 5.86. The average Bonchev–Trinajstić information content (AvgIpc) is 2.88. The van der Waals surface area contributed by atoms with Crippen molar-refractivity contribution in [2.45, 2.75) is 25.5 Å². The molecule has 0 unspecified atom stereocenters. The molecule has 5 heteroatoms. The van der Waals surface area contributed by atoms with Crippen LogP contribution in [0.1, 0.15) is 34.5 Å². The van der Waals surface area contributed by atoms with Crippen molar-refractivity contribution >= 4 is 5.97 Å². The molecule has 35 heavy (non-hydrogen) atoms. The van der Waals surface area contributed by atoms with E-state index in [2.05, 4.69) is 24.4 Å². The van der Waals surface area contributed by atoms with Crippen LogP contribution in [0.5, 0.6) is 11.5 Å². The van der Waals surface area contributed by atoms with E-state index in [-0.39, 0.29) is 11.6 Å². The van der Waals surface area contributed by atoms with E-state index in [4.69, 9.17) is 4.74 Å². The van der Waals surface area contributed by atoms with E-state index < -0.39 is 12.1 Å². The van der Waals surface area contributed by atoms with Gasteiger partial charge in [0.05, 0.1) is 6.10 Å². The summed E-state index contributed by atoms with van der Waals surface area (Å²) in [7, 11) is 0. The summed E-state index contributed by atoms with van der Waals surface area (Å²) in [6.45, 7) is 2.59. The third kappa shape index (κ3) is 6.57. The summed E-state index contributed by atoms with van der Waals surface area (Å²) in [6, 6.07) is 32.3. The van der Waals surface area contributed by atoms with Crippen molar-refractivity contribution in [1.82, 2.24) is 5.32 Å². The van der Waals surface area contributed by atoms with Crippen molar-refractivity contribution in [3.63, 3.8) is 0 Å². The topological polar surface area (TPSA) is 78.8 Å². The van der Waals surface area contributed by atoms with Crippen molar-refractivity contribution in [1.29, 1.82) is 0 Å². The molecule has 4 rings (SSSR count). The van der Waals surface area contributed by atoms with E-state index in [1.807, 2.05) is 60.7 Å². The fourth-order valence-corrected chi connectivity index (χ4v) is 3.94. The van der Waals surface area contributed by atoms with Crippen LogP contribution in [0.4, 0.5) is 0 Å². The maximum atomic E-state index is 11.7. The van der Waals surface area contributed by atoms with E-state index in [9.17, 15) is 15.0 Å². The van der Waals surface area contributed by atoms with Crippen molar-refractivity contribution in [2.24, 2.45) is 0 Å². The van der Waals surface area contributed by atoms with E-state index in [0.29, 0.717) is 18.0 Å². The quantitative estimate of drug-likeness (QED) is 0.263. The van der Waals surface area contributed by atoms with E-state index in [1.54, 1.807) is 30.3 Å². The van der Waals surface area contributed by atoms with Gasteiger partial charge in [0.15, 0.2) is 0 Å². The molecule has 3 N–H and O–H groups in total. The lowest BCUT2D eigenvalue weighted by Gasteiger charge is -2.18. The van der Waals surface area contributed by atoms with Gasteiger partial charge in [-0.25, -0.2) is 4.79 Å². The van der Waals surface area contributed by atoms with Gasteiger partial charge < -0.3 is 20.3 Å². The van der Waals surface area contributed by atoms with Gasteiger partial charge in [-0.3, -0.25) is 0 Å². The minimum Gasteiger partial charge on any atom is -0.478 e. The molecule has 0 spiro atoms. The molecular weight excluding hydrogens is 438 g/mol. The summed E-state index contributed by atoms with van der Waals surface area (Å²) in [4.78, 5) is 11.7. The first-order valence-electron chi connectivity index (χ1n) is 11.7. The summed E-state index contributed by atoms with van der Waals surface area (Å²) in [6.07, 6.45) is 0.282. The first-order valence-corrected chi connectivity index (χ1v) is 11.7. The van der Waals surface area contributed by atoms with Gasteiger partial charge >= 0.3 is 5.97 Å². The van der Waals surface area contributed by atoms with Crippen LogP contribution < -0.4 is 10.1 Å². The van der Waals surface area contributed by atoms with Crippen LogP contribution in [0, 0.1) is 0 Å². The molecule has 0 radical (unpaired) electrons. The summed E-state index contributed by atoms with van der Waals surface area (Å²) < 4.78 is 5.88. The monoisotopic (exact) mass is 467 g/mol. The van der Waals surface area contributed by atoms with Gasteiger partial charge in [-0.1, -0.05) is 78.9 Å². The lowest BCUT2D eigenvalue weighted by molar-refractivity contribution is 0.0694. The Morgan fingerprint density at radius 2 is 1.49 bits per heavy atom. The third-order valence-corrected chi connectivity index (χ3v) is 5.86. The Hall–Kier alpha value is -3.93. The highest BCUT2D eigenvalue weighted by atomic mass is 16.5. The minimum absolute atomic E-state index is 0.117. The molecule has 4 aromatic rings. The van der Waals surface area contributed by atoms with Gasteiger partial charge in [-0.2, -0.15) is 0 Å². The first-order chi connectivity index (χ1) is 17.0. The van der Waals surface area contributed by atoms with Gasteiger partial charge in [0.1, 0.15) is 17.1 Å². The van der Waals surface area contributed by atoms with Crippen molar-refractivity contribution in [2.75, 3.05) is 6.54 Å². The maximum Gasteiger partial charge on any atom is 0.339 e. The number of nitrogens with one attached hydrogen (secondary N) is 1. The number of aliphatic hydroxyl groups is 1. The van der Waals surface area contributed by atoms with Crippen molar-refractivity contribution in [3.8, 4) is 22.6 Å². The average molecular weight is 468 g/mol. The zero-order valence-electron chi connectivity index (χ0n) is 19.6. The van der Waals surface area contributed by atoms with Crippen LogP contribution >= 0.6 is 0 Å². The largest absolute Gasteiger partial charge is 0.478 e. The predicted molar refractivity (Wildman–Crippen MR) is 138 cm³/mol. The molecule has 0 saturated heterocycles. The van der Waals surface area contributed by atoms with E-state index in [1.165, 1.54) is 5.56 Å². The van der Waals surface area contributed by atoms with Gasteiger partial charge in [0, 0.05) is 12.6 Å². The molecule has 4 aromatic carbocycles. The number of ether oxygens (including phenoxy) is 1. The number of carboxylic acid groups (broad SMARTS) is 1. The number of benzene rings is 4. The molecule has 0 aliphatic heterocycles. The molecule has 0 aromatic heterocycles. The number of rotatable bonds is 10. The number of aromatic carboxylic acids is 1. The van der Waals surface area contributed by atoms with E-state index in [0.717, 1.165) is 23.1 Å². The number of hydrogen-bond acceptors (Lipinski definition) is 4. The van der Waals surface area contributed by atoms with Crippen LogP contribution in [0.15, 0.2) is 103 Å².